The van der Waals surface area contributed by atoms with Gasteiger partial charge in [0.05, 0.1) is 0 Å². The Labute approximate surface area is 105 Å². The molecule has 18 heavy (non-hydrogen) atoms. The molecular weight excluding hydrogens is 228 g/mol. The van der Waals surface area contributed by atoms with Crippen molar-refractivity contribution in [1.82, 2.24) is 0 Å². The first kappa shape index (κ1) is 10.1. The molecule has 0 saturated carbocycles. The maximum absolute atomic E-state index is 5.90. The van der Waals surface area contributed by atoms with Crippen LogP contribution in [0.3, 0.4) is 0 Å². The third-order valence-corrected chi connectivity index (χ3v) is 3.72. The summed E-state index contributed by atoms with van der Waals surface area (Å²) in [6, 6.07) is 17.9. The second-order valence-electron chi connectivity index (χ2n) is 4.76. The first-order valence-electron chi connectivity index (χ1n) is 5.97. The fourth-order valence-electron chi connectivity index (χ4n) is 2.82. The van der Waals surface area contributed by atoms with Crippen LogP contribution in [0.5, 0.6) is 5.75 Å². The second-order valence-corrected chi connectivity index (χ2v) is 4.76. The molecule has 0 aliphatic carbocycles. The molecule has 0 radical (unpaired) electrons. The lowest BCUT2D eigenvalue weighted by atomic mass is 9.80. The number of para-hydroxylation sites is 1. The molecule has 2 aromatic carbocycles. The van der Waals surface area contributed by atoms with Gasteiger partial charge in [-0.2, -0.15) is 4.89 Å². The van der Waals surface area contributed by atoms with Gasteiger partial charge in [0, 0.05) is 12.5 Å². The van der Waals surface area contributed by atoms with Crippen LogP contribution in [0.25, 0.3) is 0 Å². The third-order valence-electron chi connectivity index (χ3n) is 3.72. The SMILES string of the molecule is CC12OOC1(c1ccccc1)c1ccccc1O2. The van der Waals surface area contributed by atoms with Crippen LogP contribution in [0.1, 0.15) is 18.1 Å². The van der Waals surface area contributed by atoms with Crippen LogP contribution in [0.2, 0.25) is 0 Å². The number of fused-ring (bicyclic) bond motifs is 3. The van der Waals surface area contributed by atoms with Gasteiger partial charge >= 0.3 is 0 Å². The molecule has 0 bridgehead atoms. The van der Waals surface area contributed by atoms with Gasteiger partial charge in [-0.1, -0.05) is 48.5 Å². The predicted octanol–water partition coefficient (Wildman–Crippen LogP) is 3.00. The van der Waals surface area contributed by atoms with Crippen molar-refractivity contribution in [3.8, 4) is 5.75 Å². The minimum absolute atomic E-state index is 0.648. The van der Waals surface area contributed by atoms with Crippen LogP contribution < -0.4 is 4.74 Å². The molecule has 90 valence electrons. The van der Waals surface area contributed by atoms with Crippen molar-refractivity contribution < 1.29 is 14.5 Å². The summed E-state index contributed by atoms with van der Waals surface area (Å²) in [6.45, 7) is 1.91. The highest BCUT2D eigenvalue weighted by Gasteiger charge is 2.70. The zero-order chi connectivity index (χ0) is 12.2. The van der Waals surface area contributed by atoms with Gasteiger partial charge in [0.1, 0.15) is 5.75 Å². The van der Waals surface area contributed by atoms with Crippen LogP contribution in [-0.4, -0.2) is 5.79 Å². The van der Waals surface area contributed by atoms with Crippen molar-refractivity contribution in [3.05, 3.63) is 65.7 Å². The van der Waals surface area contributed by atoms with E-state index in [2.05, 4.69) is 0 Å². The Bertz CT molecular complexity index is 610. The number of hydrogen-bond donors (Lipinski definition) is 0. The fraction of sp³-hybridized carbons (Fsp3) is 0.200. The van der Waals surface area contributed by atoms with E-state index >= 15 is 0 Å². The molecule has 4 rings (SSSR count). The van der Waals surface area contributed by atoms with Gasteiger partial charge in [0.25, 0.3) is 5.79 Å². The molecule has 1 saturated heterocycles. The molecule has 3 nitrogen and oxygen atoms in total. The molecule has 2 atom stereocenters. The predicted molar refractivity (Wildman–Crippen MR) is 64.9 cm³/mol. The van der Waals surface area contributed by atoms with Crippen molar-refractivity contribution >= 4 is 0 Å². The molecule has 0 spiro atoms. The van der Waals surface area contributed by atoms with E-state index in [1.54, 1.807) is 0 Å². The van der Waals surface area contributed by atoms with E-state index in [4.69, 9.17) is 14.5 Å². The van der Waals surface area contributed by atoms with E-state index in [9.17, 15) is 0 Å². The van der Waals surface area contributed by atoms with Gasteiger partial charge in [0.2, 0.25) is 5.60 Å². The Kier molecular flexibility index (Phi) is 1.76. The first-order valence-corrected chi connectivity index (χ1v) is 5.97. The lowest BCUT2D eigenvalue weighted by Crippen LogP contribution is -2.63. The van der Waals surface area contributed by atoms with Crippen LogP contribution in [0, 0.1) is 0 Å². The highest BCUT2D eigenvalue weighted by atomic mass is 17.3. The number of ether oxygens (including phenoxy) is 1. The monoisotopic (exact) mass is 240 g/mol. The molecule has 2 heterocycles. The van der Waals surface area contributed by atoms with Gasteiger partial charge in [0.15, 0.2) is 0 Å². The van der Waals surface area contributed by atoms with Crippen molar-refractivity contribution in [1.29, 1.82) is 0 Å². The molecule has 0 aromatic heterocycles. The summed E-state index contributed by atoms with van der Waals surface area (Å²) in [4.78, 5) is 10.8. The minimum Gasteiger partial charge on any atom is -0.455 e. The number of hydrogen-bond acceptors (Lipinski definition) is 3. The van der Waals surface area contributed by atoms with Crippen LogP contribution in [0.15, 0.2) is 54.6 Å². The quantitative estimate of drug-likeness (QED) is 0.717. The molecule has 1 fully saturated rings. The fourth-order valence-corrected chi connectivity index (χ4v) is 2.82. The topological polar surface area (TPSA) is 27.7 Å². The third kappa shape index (κ3) is 0.975. The largest absolute Gasteiger partial charge is 0.455 e. The van der Waals surface area contributed by atoms with Crippen molar-refractivity contribution in [2.75, 3.05) is 0 Å². The Morgan fingerprint density at radius 1 is 0.833 bits per heavy atom. The molecule has 0 amide bonds. The Hall–Kier alpha value is -1.84. The van der Waals surface area contributed by atoms with E-state index < -0.39 is 11.4 Å². The van der Waals surface area contributed by atoms with Crippen molar-refractivity contribution in [3.63, 3.8) is 0 Å². The first-order chi connectivity index (χ1) is 8.76. The summed E-state index contributed by atoms with van der Waals surface area (Å²) in [7, 11) is 0. The van der Waals surface area contributed by atoms with E-state index in [1.165, 1.54) is 0 Å². The van der Waals surface area contributed by atoms with Gasteiger partial charge in [-0.3, -0.25) is 0 Å². The van der Waals surface area contributed by atoms with Crippen LogP contribution in [-0.2, 0) is 15.4 Å². The van der Waals surface area contributed by atoms with Gasteiger partial charge < -0.3 is 4.74 Å². The van der Waals surface area contributed by atoms with Gasteiger partial charge in [-0.25, -0.2) is 4.89 Å². The lowest BCUT2D eigenvalue weighted by Gasteiger charge is -2.48. The maximum Gasteiger partial charge on any atom is 0.278 e. The van der Waals surface area contributed by atoms with E-state index in [0.717, 1.165) is 16.9 Å². The normalized spacial score (nSPS) is 32.1. The smallest absolute Gasteiger partial charge is 0.278 e. The van der Waals surface area contributed by atoms with Crippen molar-refractivity contribution in [2.24, 2.45) is 0 Å². The van der Waals surface area contributed by atoms with Crippen LogP contribution in [0.4, 0.5) is 0 Å². The van der Waals surface area contributed by atoms with Crippen molar-refractivity contribution in [2.45, 2.75) is 18.3 Å². The summed E-state index contributed by atoms with van der Waals surface area (Å²) in [5, 5.41) is 0. The van der Waals surface area contributed by atoms with Gasteiger partial charge in [-0.15, -0.1) is 0 Å². The zero-order valence-corrected chi connectivity index (χ0v) is 9.92. The molecule has 0 N–H and O–H groups in total. The lowest BCUT2D eigenvalue weighted by molar-refractivity contribution is -0.580. The average molecular weight is 240 g/mol. The minimum atomic E-state index is -0.780. The Morgan fingerprint density at radius 3 is 2.28 bits per heavy atom. The zero-order valence-electron chi connectivity index (χ0n) is 9.92. The van der Waals surface area contributed by atoms with E-state index in [-0.39, 0.29) is 0 Å². The standard InChI is InChI=1S/C15H12O3/c1-14-15(18-17-14,11-7-3-2-4-8-11)12-9-5-6-10-13(12)16-14/h2-10H,1H3. The maximum atomic E-state index is 5.90. The van der Waals surface area contributed by atoms with E-state index in [1.807, 2.05) is 61.5 Å². The molecule has 2 aliphatic rings. The van der Waals surface area contributed by atoms with Gasteiger partial charge in [-0.05, 0) is 11.6 Å². The summed E-state index contributed by atoms with van der Waals surface area (Å²) in [5.41, 5.74) is 1.42. The molecule has 2 aliphatic heterocycles. The molecular formula is C15H12O3. The summed E-state index contributed by atoms with van der Waals surface area (Å²) in [6.07, 6.45) is 0. The summed E-state index contributed by atoms with van der Waals surface area (Å²) in [5.74, 6) is 0.0410. The molecule has 3 heteroatoms. The number of benzene rings is 2. The summed E-state index contributed by atoms with van der Waals surface area (Å²) < 4.78 is 5.90. The Balaban J connectivity index is 1.99. The summed E-state index contributed by atoms with van der Waals surface area (Å²) >= 11 is 0. The highest BCUT2D eigenvalue weighted by Crippen LogP contribution is 2.60. The van der Waals surface area contributed by atoms with E-state index in [0.29, 0.717) is 0 Å². The average Bonchev–Trinajstić information content (AvgIpc) is 2.57. The Morgan fingerprint density at radius 2 is 1.56 bits per heavy atom. The molecule has 2 unspecified atom stereocenters. The second kappa shape index (κ2) is 3.13. The highest BCUT2D eigenvalue weighted by molar-refractivity contribution is 5.52. The molecule has 2 aromatic rings. The number of rotatable bonds is 1. The van der Waals surface area contributed by atoms with Crippen LogP contribution >= 0.6 is 0 Å².